The lowest BCUT2D eigenvalue weighted by molar-refractivity contribution is -0.202. The van der Waals surface area contributed by atoms with Crippen molar-refractivity contribution in [3.05, 3.63) is 58.2 Å². The summed E-state index contributed by atoms with van der Waals surface area (Å²) in [5, 5.41) is 6.01. The lowest BCUT2D eigenvalue weighted by Crippen LogP contribution is -2.48. The maximum Gasteiger partial charge on any atom is 0.519 e. The third-order valence-electron chi connectivity index (χ3n) is 7.11. The number of hydrogen-bond acceptors (Lipinski definition) is 10. The van der Waals surface area contributed by atoms with Crippen LogP contribution in [0.15, 0.2) is 48.4 Å². The van der Waals surface area contributed by atoms with Gasteiger partial charge in [-0.15, -0.1) is 0 Å². The van der Waals surface area contributed by atoms with Crippen LogP contribution in [0.4, 0.5) is 0 Å². The number of amides is 3. The molecule has 0 aliphatic carbocycles. The maximum atomic E-state index is 13.4. The van der Waals surface area contributed by atoms with E-state index in [4.69, 9.17) is 22.8 Å². The van der Waals surface area contributed by atoms with E-state index in [1.807, 2.05) is 6.92 Å². The van der Waals surface area contributed by atoms with Crippen LogP contribution in [-0.2, 0) is 25.6 Å². The van der Waals surface area contributed by atoms with Crippen LogP contribution < -0.4 is 26.5 Å². The summed E-state index contributed by atoms with van der Waals surface area (Å²) < 4.78 is 32.7. The van der Waals surface area contributed by atoms with E-state index in [9.17, 15) is 33.5 Å². The number of unbranched alkanes of at least 4 members (excludes halogenated alkanes) is 2. The van der Waals surface area contributed by atoms with Gasteiger partial charge in [-0.25, -0.2) is 9.86 Å². The number of hydroxylamine groups is 2. The minimum Gasteiger partial charge on any atom is -0.494 e. The van der Waals surface area contributed by atoms with E-state index in [1.165, 1.54) is 37.3 Å². The molecule has 0 saturated heterocycles. The third kappa shape index (κ3) is 9.91. The summed E-state index contributed by atoms with van der Waals surface area (Å²) in [6.45, 7) is 6.84. The van der Waals surface area contributed by atoms with E-state index in [2.05, 4.69) is 10.6 Å². The molecule has 0 spiro atoms. The Labute approximate surface area is 265 Å². The summed E-state index contributed by atoms with van der Waals surface area (Å²) in [7, 11) is -4.60. The number of nitrogens with one attached hydrogen (secondary N) is 2. The second-order valence-corrected chi connectivity index (χ2v) is 11.9. The molecular weight excluding hydrogens is 625 g/mol. The molecule has 0 fully saturated rings. The zero-order valence-corrected chi connectivity index (χ0v) is 27.0. The molecule has 0 saturated carbocycles. The number of rotatable bonds is 19. The lowest BCUT2D eigenvalue weighted by atomic mass is 9.90. The van der Waals surface area contributed by atoms with E-state index >= 15 is 0 Å². The molecule has 2 atom stereocenters. The molecule has 2 heterocycles. The highest BCUT2D eigenvalue weighted by atomic mass is 31.2. The van der Waals surface area contributed by atoms with Crippen LogP contribution in [0.2, 0.25) is 0 Å². The van der Waals surface area contributed by atoms with Crippen molar-refractivity contribution in [2.45, 2.75) is 72.4 Å². The fourth-order valence-corrected chi connectivity index (χ4v) is 5.39. The zero-order valence-electron chi connectivity index (χ0n) is 26.1. The van der Waals surface area contributed by atoms with Gasteiger partial charge in [-0.05, 0) is 57.0 Å². The molecule has 0 aliphatic rings. The van der Waals surface area contributed by atoms with E-state index in [1.54, 1.807) is 13.8 Å². The average Bonchev–Trinajstić information content (AvgIpc) is 3.63. The molecule has 252 valence electrons. The van der Waals surface area contributed by atoms with Crippen LogP contribution in [-0.4, -0.2) is 52.4 Å². The Balaban J connectivity index is 1.67. The number of carbonyl (C=O) groups excluding carboxylic acids is 3. The quantitative estimate of drug-likeness (QED) is 0.0477. The van der Waals surface area contributed by atoms with Crippen molar-refractivity contribution in [2.75, 3.05) is 13.3 Å². The number of hydrogen-bond donors (Lipinski definition) is 4. The van der Waals surface area contributed by atoms with Gasteiger partial charge in [-0.1, -0.05) is 33.1 Å². The van der Waals surface area contributed by atoms with Crippen LogP contribution in [0, 0.1) is 12.8 Å². The SMILES string of the molecule is CCCCCC(C(=O)NCNC(=O)c1ccc(-c2cc(OCC)cc(P(=O)(O)O)c2)o1)[C@@H](CC)N(C=O)OCc1oc(=O)oc1C. The molecule has 0 aliphatic heterocycles. The molecule has 16 heteroatoms. The number of ether oxygens (including phenoxy) is 1. The van der Waals surface area contributed by atoms with Crippen LogP contribution in [0.25, 0.3) is 11.3 Å². The molecule has 4 N–H and O–H groups in total. The van der Waals surface area contributed by atoms with Crippen molar-refractivity contribution in [2.24, 2.45) is 5.92 Å². The van der Waals surface area contributed by atoms with Gasteiger partial charge in [-0.3, -0.25) is 23.8 Å². The number of nitrogens with zero attached hydrogens (tertiary/aromatic N) is 1. The summed E-state index contributed by atoms with van der Waals surface area (Å²) >= 11 is 0. The second kappa shape index (κ2) is 16.9. The fraction of sp³-hybridized carbons (Fsp3) is 0.467. The van der Waals surface area contributed by atoms with Crippen LogP contribution >= 0.6 is 7.60 Å². The average molecular weight is 666 g/mol. The third-order valence-corrected chi connectivity index (χ3v) is 8.04. The zero-order chi connectivity index (χ0) is 33.9. The number of carbonyl (C=O) groups is 3. The predicted molar refractivity (Wildman–Crippen MR) is 164 cm³/mol. The van der Waals surface area contributed by atoms with Gasteiger partial charge < -0.3 is 38.4 Å². The molecule has 0 bridgehead atoms. The molecule has 3 rings (SSSR count). The first-order chi connectivity index (χ1) is 21.9. The summed E-state index contributed by atoms with van der Waals surface area (Å²) in [5.41, 5.74) is 0.296. The van der Waals surface area contributed by atoms with E-state index in [-0.39, 0.29) is 54.0 Å². The molecule has 3 amide bonds. The van der Waals surface area contributed by atoms with Crippen LogP contribution in [0.3, 0.4) is 0 Å². The molecule has 15 nitrogen and oxygen atoms in total. The number of furan rings is 1. The van der Waals surface area contributed by atoms with Crippen molar-refractivity contribution in [1.29, 1.82) is 0 Å². The van der Waals surface area contributed by atoms with Gasteiger partial charge in [0.05, 0.1) is 30.5 Å². The van der Waals surface area contributed by atoms with Crippen molar-refractivity contribution < 1.29 is 51.6 Å². The molecule has 1 aromatic carbocycles. The highest BCUT2D eigenvalue weighted by Crippen LogP contribution is 2.37. The Kier molecular flexibility index (Phi) is 13.4. The monoisotopic (exact) mass is 665 g/mol. The van der Waals surface area contributed by atoms with Gasteiger partial charge in [-0.2, -0.15) is 0 Å². The Morgan fingerprint density at radius 1 is 1.07 bits per heavy atom. The Morgan fingerprint density at radius 2 is 1.83 bits per heavy atom. The minimum absolute atomic E-state index is 0.101. The van der Waals surface area contributed by atoms with E-state index < -0.39 is 37.2 Å². The van der Waals surface area contributed by atoms with Crippen molar-refractivity contribution in [3.63, 3.8) is 0 Å². The smallest absolute Gasteiger partial charge is 0.494 e. The lowest BCUT2D eigenvalue weighted by Gasteiger charge is -2.32. The predicted octanol–water partition coefficient (Wildman–Crippen LogP) is 3.37. The highest BCUT2D eigenvalue weighted by Gasteiger charge is 2.32. The molecule has 46 heavy (non-hydrogen) atoms. The topological polar surface area (TPSA) is 211 Å². The first kappa shape index (κ1) is 36.3. The maximum absolute atomic E-state index is 13.4. The number of aryl methyl sites for hydroxylation is 1. The van der Waals surface area contributed by atoms with E-state index in [0.29, 0.717) is 31.2 Å². The van der Waals surface area contributed by atoms with E-state index in [0.717, 1.165) is 17.9 Å². The molecule has 2 aromatic heterocycles. The van der Waals surface area contributed by atoms with Crippen molar-refractivity contribution in [1.82, 2.24) is 15.7 Å². The first-order valence-electron chi connectivity index (χ1n) is 14.9. The Bertz CT molecular complexity index is 1570. The number of benzene rings is 1. The normalized spacial score (nSPS) is 12.7. The summed E-state index contributed by atoms with van der Waals surface area (Å²) in [4.78, 5) is 74.4. The molecule has 0 radical (unpaired) electrons. The summed E-state index contributed by atoms with van der Waals surface area (Å²) in [6.07, 6.45) is 3.76. The van der Waals surface area contributed by atoms with Gasteiger partial charge in [0.2, 0.25) is 12.3 Å². The largest absolute Gasteiger partial charge is 0.519 e. The summed E-state index contributed by atoms with van der Waals surface area (Å²) in [5.74, 6) is -2.01. The standard InChI is InChI=1S/C30H40N3O12P/c1-5-8-9-10-23(24(6-2)33(18-34)42-16-27-19(4)43-30(37)45-27)28(35)31-17-32-29(36)26-12-11-25(44-26)20-13-21(41-7-3)15-22(14-20)46(38,39)40/h11-15,18,23-24H,5-10,16-17H2,1-4H3,(H,31,35)(H,32,36)(H2,38,39,40)/t23?,24-/m1/s1. The minimum atomic E-state index is -4.60. The molecule has 3 aromatic rings. The van der Waals surface area contributed by atoms with Gasteiger partial charge >= 0.3 is 13.4 Å². The highest BCUT2D eigenvalue weighted by molar-refractivity contribution is 7.60. The molecular formula is C30H40N3O12P. The van der Waals surface area contributed by atoms with Crippen LogP contribution in [0.1, 0.15) is 75.0 Å². The van der Waals surface area contributed by atoms with Crippen molar-refractivity contribution >= 4 is 31.1 Å². The fourth-order valence-electron chi connectivity index (χ4n) is 4.79. The van der Waals surface area contributed by atoms with Gasteiger partial charge in [0.25, 0.3) is 5.91 Å². The second-order valence-electron chi connectivity index (χ2n) is 10.3. The first-order valence-corrected chi connectivity index (χ1v) is 16.5. The Hall–Kier alpha value is -4.17. The molecule has 1 unspecified atom stereocenters. The summed E-state index contributed by atoms with van der Waals surface area (Å²) in [6, 6.07) is 6.23. The van der Waals surface area contributed by atoms with Gasteiger partial charge in [0.15, 0.2) is 11.5 Å². The Morgan fingerprint density at radius 3 is 2.43 bits per heavy atom. The van der Waals surface area contributed by atoms with Crippen LogP contribution in [0.5, 0.6) is 5.75 Å². The van der Waals surface area contributed by atoms with Gasteiger partial charge in [0.1, 0.15) is 23.9 Å². The van der Waals surface area contributed by atoms with Crippen molar-refractivity contribution in [3.8, 4) is 17.1 Å². The van der Waals surface area contributed by atoms with Gasteiger partial charge in [0, 0.05) is 5.56 Å².